The van der Waals surface area contributed by atoms with Crippen molar-refractivity contribution in [1.29, 1.82) is 0 Å². The SMILES string of the molecule is CCCCCCCCCCCCC/C=C\C/C=C\CCCCCCCCCCCCCCCCCCCC(=O)NC(COP(=O)(O)OCC[N+](C)(C)C)C(O)CCCCCCCCCCC. The number of unbranched alkanes of at least 4 members (excludes halogenated alkanes) is 36. The Morgan fingerprint density at radius 2 is 0.864 bits per heavy atom. The van der Waals surface area contributed by atoms with Gasteiger partial charge in [-0.1, -0.05) is 256 Å². The summed E-state index contributed by atoms with van der Waals surface area (Å²) in [6.07, 6.45) is 61.3. The summed E-state index contributed by atoms with van der Waals surface area (Å²) in [6, 6.07) is -0.756. The van der Waals surface area contributed by atoms with Crippen LogP contribution < -0.4 is 5.32 Å². The van der Waals surface area contributed by atoms with E-state index in [1.165, 1.54) is 212 Å². The Kier molecular flexibility index (Phi) is 48.2. The largest absolute Gasteiger partial charge is 0.472 e. The predicted molar refractivity (Wildman–Crippen MR) is 286 cm³/mol. The second-order valence-electron chi connectivity index (χ2n) is 21.0. The molecule has 66 heavy (non-hydrogen) atoms. The van der Waals surface area contributed by atoms with Crippen LogP contribution in [0.4, 0.5) is 0 Å². The smallest absolute Gasteiger partial charge is 0.391 e. The van der Waals surface area contributed by atoms with Gasteiger partial charge in [-0.25, -0.2) is 4.57 Å². The van der Waals surface area contributed by atoms with Crippen LogP contribution >= 0.6 is 7.82 Å². The van der Waals surface area contributed by atoms with Crippen molar-refractivity contribution >= 4 is 13.7 Å². The third kappa shape index (κ3) is 50.8. The molecule has 0 fully saturated rings. The van der Waals surface area contributed by atoms with E-state index in [0.29, 0.717) is 23.9 Å². The number of rotatable bonds is 53. The van der Waals surface area contributed by atoms with Crippen molar-refractivity contribution in [2.45, 2.75) is 296 Å². The number of nitrogens with one attached hydrogen (secondary N) is 1. The first-order valence-electron chi connectivity index (χ1n) is 28.7. The van der Waals surface area contributed by atoms with Crippen molar-refractivity contribution in [2.75, 3.05) is 40.9 Å². The molecule has 0 rings (SSSR count). The minimum absolute atomic E-state index is 0.0762. The Labute approximate surface area is 411 Å². The molecule has 0 aliphatic heterocycles. The Morgan fingerprint density at radius 1 is 0.515 bits per heavy atom. The van der Waals surface area contributed by atoms with Gasteiger partial charge in [0.15, 0.2) is 0 Å². The van der Waals surface area contributed by atoms with Gasteiger partial charge in [0, 0.05) is 6.42 Å². The average molecular weight is 955 g/mol. The highest BCUT2D eigenvalue weighted by molar-refractivity contribution is 7.47. The molecule has 0 bridgehead atoms. The topological polar surface area (TPSA) is 105 Å². The molecule has 3 atom stereocenters. The van der Waals surface area contributed by atoms with Gasteiger partial charge in [-0.2, -0.15) is 0 Å². The highest BCUT2D eigenvalue weighted by Gasteiger charge is 2.28. The van der Waals surface area contributed by atoms with Crippen LogP contribution in [0, 0.1) is 0 Å². The number of phosphoric ester groups is 1. The first-order chi connectivity index (χ1) is 32.0. The second kappa shape index (κ2) is 49.0. The molecule has 0 aliphatic rings. The molecule has 0 radical (unpaired) electrons. The van der Waals surface area contributed by atoms with E-state index in [9.17, 15) is 19.4 Å². The monoisotopic (exact) mass is 954 g/mol. The summed E-state index contributed by atoms with van der Waals surface area (Å²) in [6.45, 7) is 4.89. The number of carbonyl (C=O) groups is 1. The Hall–Kier alpha value is -1.02. The molecule has 1 amide bonds. The van der Waals surface area contributed by atoms with Crippen LogP contribution in [0.15, 0.2) is 24.3 Å². The standard InChI is InChI=1S/C57H113N2O6P/c1-6-8-10-12-14-16-17-18-19-20-21-22-23-24-25-26-27-28-29-30-31-32-33-34-35-36-37-38-39-40-41-43-45-47-49-51-57(61)58-55(54-65-66(62,63)64-53-52-59(3,4)5)56(60)50-48-46-44-42-15-13-11-9-7-2/h23-24,26-27,55-56,60H,6-22,25,28-54H2,1-5H3,(H-,58,61,62,63)/p+1/b24-23-,27-26-. The van der Waals surface area contributed by atoms with Gasteiger partial charge in [-0.3, -0.25) is 13.8 Å². The maximum absolute atomic E-state index is 12.9. The normalized spacial score (nSPS) is 14.1. The highest BCUT2D eigenvalue weighted by Crippen LogP contribution is 2.43. The van der Waals surface area contributed by atoms with Gasteiger partial charge < -0.3 is 19.8 Å². The van der Waals surface area contributed by atoms with Crippen molar-refractivity contribution in [2.24, 2.45) is 0 Å². The molecule has 392 valence electrons. The van der Waals surface area contributed by atoms with Crippen molar-refractivity contribution in [3.05, 3.63) is 24.3 Å². The van der Waals surface area contributed by atoms with E-state index in [4.69, 9.17) is 9.05 Å². The lowest BCUT2D eigenvalue weighted by Gasteiger charge is -2.26. The quantitative estimate of drug-likeness (QED) is 0.0243. The van der Waals surface area contributed by atoms with Gasteiger partial charge in [0.1, 0.15) is 13.2 Å². The van der Waals surface area contributed by atoms with Gasteiger partial charge in [0.05, 0.1) is 39.9 Å². The lowest BCUT2D eigenvalue weighted by Crippen LogP contribution is -2.46. The zero-order chi connectivity index (χ0) is 48.5. The number of carbonyl (C=O) groups excluding carboxylic acids is 1. The average Bonchev–Trinajstić information content (AvgIpc) is 3.28. The first kappa shape index (κ1) is 65.0. The molecule has 3 N–H and O–H groups in total. The fourth-order valence-electron chi connectivity index (χ4n) is 8.67. The lowest BCUT2D eigenvalue weighted by atomic mass is 10.0. The third-order valence-electron chi connectivity index (χ3n) is 13.2. The number of hydrogen-bond donors (Lipinski definition) is 3. The highest BCUT2D eigenvalue weighted by atomic mass is 31.2. The van der Waals surface area contributed by atoms with Crippen molar-refractivity contribution in [3.8, 4) is 0 Å². The molecule has 0 aromatic carbocycles. The van der Waals surface area contributed by atoms with Crippen LogP contribution in [0.25, 0.3) is 0 Å². The van der Waals surface area contributed by atoms with Gasteiger partial charge in [-0.05, 0) is 44.9 Å². The summed E-state index contributed by atoms with van der Waals surface area (Å²) >= 11 is 0. The molecule has 3 unspecified atom stereocenters. The second-order valence-corrected chi connectivity index (χ2v) is 22.5. The molecule has 0 saturated heterocycles. The molecule has 0 aromatic rings. The van der Waals surface area contributed by atoms with E-state index in [-0.39, 0.29) is 19.1 Å². The number of aliphatic hydroxyl groups is 1. The summed E-state index contributed by atoms with van der Waals surface area (Å²) in [7, 11) is 1.62. The summed E-state index contributed by atoms with van der Waals surface area (Å²) in [5.41, 5.74) is 0. The zero-order valence-electron chi connectivity index (χ0n) is 44.7. The van der Waals surface area contributed by atoms with Crippen LogP contribution in [0.5, 0.6) is 0 Å². The van der Waals surface area contributed by atoms with Crippen LogP contribution in [0.1, 0.15) is 284 Å². The van der Waals surface area contributed by atoms with Crippen molar-refractivity contribution in [1.82, 2.24) is 5.32 Å². The fourth-order valence-corrected chi connectivity index (χ4v) is 9.40. The van der Waals surface area contributed by atoms with Crippen LogP contribution in [0.3, 0.4) is 0 Å². The number of hydrogen-bond acceptors (Lipinski definition) is 5. The van der Waals surface area contributed by atoms with Gasteiger partial charge in [0.2, 0.25) is 5.91 Å². The Morgan fingerprint density at radius 3 is 1.24 bits per heavy atom. The maximum atomic E-state index is 12.9. The van der Waals surface area contributed by atoms with Gasteiger partial charge >= 0.3 is 7.82 Å². The molecule has 0 heterocycles. The molecule has 9 heteroatoms. The number of likely N-dealkylation sites (N-methyl/N-ethyl adjacent to an activating group) is 1. The van der Waals surface area contributed by atoms with E-state index in [2.05, 4.69) is 43.5 Å². The molecular formula is C57H114N2O6P+. The molecule has 0 aliphatic carbocycles. The maximum Gasteiger partial charge on any atom is 0.472 e. The number of allylic oxidation sites excluding steroid dienone is 4. The van der Waals surface area contributed by atoms with Crippen LogP contribution in [0.2, 0.25) is 0 Å². The summed E-state index contributed by atoms with van der Waals surface area (Å²) in [5.74, 6) is -0.143. The number of aliphatic hydroxyl groups excluding tert-OH is 1. The molecular weight excluding hydrogens is 840 g/mol. The number of quaternary nitrogens is 1. The van der Waals surface area contributed by atoms with Gasteiger partial charge in [0.25, 0.3) is 0 Å². The van der Waals surface area contributed by atoms with E-state index >= 15 is 0 Å². The van der Waals surface area contributed by atoms with Crippen LogP contribution in [-0.2, 0) is 18.4 Å². The number of amides is 1. The fraction of sp³-hybridized carbons (Fsp3) is 0.912. The summed E-state index contributed by atoms with van der Waals surface area (Å²) < 4.78 is 23.6. The number of phosphoric acid groups is 1. The Balaban J connectivity index is 3.86. The van der Waals surface area contributed by atoms with E-state index < -0.39 is 20.0 Å². The van der Waals surface area contributed by atoms with E-state index in [1.807, 2.05) is 21.1 Å². The number of nitrogens with zero attached hydrogens (tertiary/aromatic N) is 1. The molecule has 0 aromatic heterocycles. The summed E-state index contributed by atoms with van der Waals surface area (Å²) in [4.78, 5) is 23.2. The van der Waals surface area contributed by atoms with Crippen molar-refractivity contribution in [3.63, 3.8) is 0 Å². The van der Waals surface area contributed by atoms with Gasteiger partial charge in [-0.15, -0.1) is 0 Å². The first-order valence-corrected chi connectivity index (χ1v) is 30.2. The van der Waals surface area contributed by atoms with Crippen LogP contribution in [-0.4, -0.2) is 73.4 Å². The molecule has 8 nitrogen and oxygen atoms in total. The molecule has 0 saturated carbocycles. The minimum Gasteiger partial charge on any atom is -0.391 e. The zero-order valence-corrected chi connectivity index (χ0v) is 45.6. The third-order valence-corrected chi connectivity index (χ3v) is 14.2. The predicted octanol–water partition coefficient (Wildman–Crippen LogP) is 17.2. The van der Waals surface area contributed by atoms with Crippen molar-refractivity contribution < 1.29 is 32.9 Å². The Bertz CT molecular complexity index is 1130. The summed E-state index contributed by atoms with van der Waals surface area (Å²) in [5, 5.41) is 13.9. The lowest BCUT2D eigenvalue weighted by molar-refractivity contribution is -0.870. The molecule has 0 spiro atoms. The minimum atomic E-state index is -4.31. The van der Waals surface area contributed by atoms with E-state index in [1.54, 1.807) is 0 Å². The van der Waals surface area contributed by atoms with E-state index in [0.717, 1.165) is 44.9 Å².